The lowest BCUT2D eigenvalue weighted by Crippen LogP contribution is -2.26. The number of thiocarbonyl (C=S) groups is 1. The van der Waals surface area contributed by atoms with E-state index in [2.05, 4.69) is 43.9 Å². The third-order valence-corrected chi connectivity index (χ3v) is 5.44. The van der Waals surface area contributed by atoms with Crippen LogP contribution >= 0.6 is 39.9 Å². The topological polar surface area (TPSA) is 36.4 Å². The average molecular weight is 392 g/mol. The monoisotopic (exact) mass is 391 g/mol. The second-order valence-corrected chi connectivity index (χ2v) is 7.07. The van der Waals surface area contributed by atoms with Crippen LogP contribution in [0, 0.1) is 0 Å². The van der Waals surface area contributed by atoms with Gasteiger partial charge >= 0.3 is 0 Å². The van der Waals surface area contributed by atoms with Crippen LogP contribution in [0.3, 0.4) is 0 Å². The van der Waals surface area contributed by atoms with Crippen LogP contribution in [-0.2, 0) is 0 Å². The highest BCUT2D eigenvalue weighted by Crippen LogP contribution is 2.35. The van der Waals surface area contributed by atoms with Crippen LogP contribution in [0.2, 0.25) is 0 Å². The molecule has 1 aliphatic heterocycles. The Kier molecular flexibility index (Phi) is 5.12. The first-order valence-electron chi connectivity index (χ1n) is 6.84. The van der Waals surface area contributed by atoms with Gasteiger partial charge in [0.2, 0.25) is 0 Å². The Morgan fingerprint density at radius 1 is 1.14 bits per heavy atom. The van der Waals surface area contributed by atoms with Gasteiger partial charge in [-0.2, -0.15) is 5.10 Å². The van der Waals surface area contributed by atoms with Gasteiger partial charge in [-0.1, -0.05) is 30.3 Å². The number of nitrogens with one attached hydrogen (secondary N) is 2. The fourth-order valence-electron chi connectivity index (χ4n) is 2.18. The summed E-state index contributed by atoms with van der Waals surface area (Å²) in [5.74, 6) is 1.02. The van der Waals surface area contributed by atoms with Gasteiger partial charge in [0.05, 0.1) is 5.71 Å². The molecule has 0 atom stereocenters. The molecule has 0 radical (unpaired) electrons. The average Bonchev–Trinajstić information content (AvgIpc) is 2.54. The maximum atomic E-state index is 5.29. The van der Waals surface area contributed by atoms with Gasteiger partial charge < -0.3 is 5.32 Å². The summed E-state index contributed by atoms with van der Waals surface area (Å²) in [6.45, 7) is 0. The normalized spacial score (nSPS) is 15.2. The van der Waals surface area contributed by atoms with Crippen LogP contribution in [0.5, 0.6) is 0 Å². The zero-order chi connectivity index (χ0) is 15.4. The van der Waals surface area contributed by atoms with E-state index < -0.39 is 0 Å². The van der Waals surface area contributed by atoms with E-state index in [4.69, 9.17) is 12.2 Å². The number of nitrogens with zero attached hydrogens (tertiary/aromatic N) is 1. The van der Waals surface area contributed by atoms with Crippen LogP contribution in [0.25, 0.3) is 0 Å². The molecule has 2 aromatic carbocycles. The number of hydrogen-bond acceptors (Lipinski definition) is 3. The van der Waals surface area contributed by atoms with Crippen molar-refractivity contribution in [3.05, 3.63) is 58.6 Å². The molecule has 0 bridgehead atoms. The summed E-state index contributed by atoms with van der Waals surface area (Å²) >= 11 is 10.7. The minimum absolute atomic E-state index is 0.494. The predicted molar refractivity (Wildman–Crippen MR) is 102 cm³/mol. The Morgan fingerprint density at radius 2 is 1.95 bits per heavy atom. The molecule has 3 nitrogen and oxygen atoms in total. The van der Waals surface area contributed by atoms with Gasteiger partial charge in [-0.15, -0.1) is 11.8 Å². The highest BCUT2D eigenvalue weighted by atomic mass is 79.9. The van der Waals surface area contributed by atoms with Crippen LogP contribution in [0.15, 0.2) is 63.0 Å². The molecule has 0 aromatic heterocycles. The molecule has 22 heavy (non-hydrogen) atoms. The SMILES string of the molecule is S=C(NN=C1CCSc2c(Br)cccc21)Nc1ccccc1. The fourth-order valence-corrected chi connectivity index (χ4v) is 4.10. The van der Waals surface area contributed by atoms with Crippen molar-refractivity contribution in [2.75, 3.05) is 11.1 Å². The van der Waals surface area contributed by atoms with Crippen molar-refractivity contribution in [1.29, 1.82) is 0 Å². The summed E-state index contributed by atoms with van der Waals surface area (Å²) in [6.07, 6.45) is 0.926. The zero-order valence-corrected chi connectivity index (χ0v) is 14.9. The number of hydrogen-bond donors (Lipinski definition) is 2. The minimum Gasteiger partial charge on any atom is -0.331 e. The summed E-state index contributed by atoms with van der Waals surface area (Å²) in [6, 6.07) is 16.0. The van der Waals surface area contributed by atoms with E-state index >= 15 is 0 Å². The Hall–Kier alpha value is -1.37. The smallest absolute Gasteiger partial charge is 0.191 e. The number of fused-ring (bicyclic) bond motifs is 1. The maximum Gasteiger partial charge on any atom is 0.191 e. The molecule has 1 heterocycles. The third-order valence-electron chi connectivity index (χ3n) is 3.19. The number of thioether (sulfide) groups is 1. The van der Waals surface area contributed by atoms with Crippen LogP contribution in [0.4, 0.5) is 5.69 Å². The first-order chi connectivity index (χ1) is 10.7. The van der Waals surface area contributed by atoms with Gasteiger partial charge in [-0.25, -0.2) is 0 Å². The van der Waals surface area contributed by atoms with Gasteiger partial charge in [0.1, 0.15) is 0 Å². The summed E-state index contributed by atoms with van der Waals surface area (Å²) in [4.78, 5) is 1.25. The lowest BCUT2D eigenvalue weighted by atomic mass is 10.1. The van der Waals surface area contributed by atoms with Gasteiger partial charge in [-0.3, -0.25) is 5.43 Å². The molecule has 3 rings (SSSR count). The number of benzene rings is 2. The fraction of sp³-hybridized carbons (Fsp3) is 0.125. The first kappa shape index (κ1) is 15.5. The van der Waals surface area contributed by atoms with Gasteiger partial charge in [0.15, 0.2) is 5.11 Å². The van der Waals surface area contributed by atoms with Gasteiger partial charge in [-0.05, 0) is 46.3 Å². The molecule has 6 heteroatoms. The van der Waals surface area contributed by atoms with Crippen molar-refractivity contribution in [2.45, 2.75) is 11.3 Å². The van der Waals surface area contributed by atoms with E-state index in [9.17, 15) is 0 Å². The lowest BCUT2D eigenvalue weighted by molar-refractivity contribution is 1.01. The van der Waals surface area contributed by atoms with Crippen molar-refractivity contribution < 1.29 is 0 Å². The number of hydrazone groups is 1. The molecule has 112 valence electrons. The molecule has 1 aliphatic rings. The first-order valence-corrected chi connectivity index (χ1v) is 9.03. The van der Waals surface area contributed by atoms with Crippen molar-refractivity contribution >= 4 is 56.4 Å². The maximum absolute atomic E-state index is 5.29. The van der Waals surface area contributed by atoms with E-state index in [-0.39, 0.29) is 0 Å². The van der Waals surface area contributed by atoms with Crippen LogP contribution in [0.1, 0.15) is 12.0 Å². The van der Waals surface area contributed by atoms with Crippen molar-refractivity contribution in [3.8, 4) is 0 Å². The molecule has 2 N–H and O–H groups in total. The predicted octanol–water partition coefficient (Wildman–Crippen LogP) is 4.64. The largest absolute Gasteiger partial charge is 0.331 e. The molecular weight excluding hydrogens is 378 g/mol. The van der Waals surface area contributed by atoms with E-state index in [0.29, 0.717) is 5.11 Å². The van der Waals surface area contributed by atoms with E-state index in [1.807, 2.05) is 48.2 Å². The summed E-state index contributed by atoms with van der Waals surface area (Å²) in [5, 5.41) is 8.10. The third kappa shape index (κ3) is 3.69. The minimum atomic E-state index is 0.494. The van der Waals surface area contributed by atoms with Crippen molar-refractivity contribution in [2.24, 2.45) is 5.10 Å². The highest BCUT2D eigenvalue weighted by Gasteiger charge is 2.18. The molecule has 0 fully saturated rings. The van der Waals surface area contributed by atoms with Crippen LogP contribution in [-0.4, -0.2) is 16.6 Å². The Bertz CT molecular complexity index is 717. The number of anilines is 1. The van der Waals surface area contributed by atoms with E-state index in [0.717, 1.165) is 28.0 Å². The molecule has 0 amide bonds. The van der Waals surface area contributed by atoms with E-state index in [1.165, 1.54) is 10.5 Å². The second-order valence-electron chi connectivity index (χ2n) is 4.71. The number of rotatable bonds is 2. The standard InChI is InChI=1S/C16H14BrN3S2/c17-13-8-4-7-12-14(9-10-22-15(12)13)19-20-16(21)18-11-5-2-1-3-6-11/h1-8H,9-10H2,(H2,18,20,21). The van der Waals surface area contributed by atoms with Gasteiger partial charge in [0.25, 0.3) is 0 Å². The molecule has 0 aliphatic carbocycles. The molecule has 2 aromatic rings. The molecule has 0 saturated carbocycles. The summed E-state index contributed by atoms with van der Waals surface area (Å²) < 4.78 is 1.12. The molecule has 0 unspecified atom stereocenters. The number of halogens is 1. The second kappa shape index (κ2) is 7.26. The molecule has 0 saturated heterocycles. The highest BCUT2D eigenvalue weighted by molar-refractivity contribution is 9.10. The van der Waals surface area contributed by atoms with Gasteiger partial charge in [0, 0.05) is 32.8 Å². The quantitative estimate of drug-likeness (QED) is 0.577. The van der Waals surface area contributed by atoms with Crippen LogP contribution < -0.4 is 10.7 Å². The molecular formula is C16H14BrN3S2. The van der Waals surface area contributed by atoms with Crippen molar-refractivity contribution in [3.63, 3.8) is 0 Å². The lowest BCUT2D eigenvalue weighted by Gasteiger charge is -2.18. The zero-order valence-electron chi connectivity index (χ0n) is 11.7. The van der Waals surface area contributed by atoms with Crippen molar-refractivity contribution in [1.82, 2.24) is 5.43 Å². The Balaban J connectivity index is 1.72. The molecule has 0 spiro atoms. The Morgan fingerprint density at radius 3 is 2.77 bits per heavy atom. The Labute approximate surface area is 147 Å². The van der Waals surface area contributed by atoms with E-state index in [1.54, 1.807) is 0 Å². The number of para-hydroxylation sites is 1. The summed E-state index contributed by atoms with van der Waals surface area (Å²) in [7, 11) is 0. The summed E-state index contributed by atoms with van der Waals surface area (Å²) in [5.41, 5.74) is 6.09.